The Balaban J connectivity index is 1.49. The Bertz CT molecular complexity index is 1380. The van der Waals surface area contributed by atoms with Crippen LogP contribution in [0.2, 0.25) is 0 Å². The quantitative estimate of drug-likeness (QED) is 0.323. The number of ether oxygens (including phenoxy) is 4. The zero-order valence-electron chi connectivity index (χ0n) is 21.3. The van der Waals surface area contributed by atoms with Crippen molar-refractivity contribution in [1.29, 1.82) is 0 Å². The Morgan fingerprint density at radius 3 is 2.35 bits per heavy atom. The van der Waals surface area contributed by atoms with Crippen LogP contribution >= 0.6 is 11.3 Å². The second-order valence-electron chi connectivity index (χ2n) is 8.66. The third-order valence-electron chi connectivity index (χ3n) is 6.54. The zero-order chi connectivity index (χ0) is 25.9. The first-order chi connectivity index (χ1) is 18.0. The molecule has 9 heteroatoms. The molecule has 0 N–H and O–H groups in total. The molecule has 0 bridgehead atoms. The molecule has 5 rings (SSSR count). The summed E-state index contributed by atoms with van der Waals surface area (Å²) >= 11 is 1.40. The lowest BCUT2D eigenvalue weighted by Crippen LogP contribution is -2.42. The summed E-state index contributed by atoms with van der Waals surface area (Å²) in [6, 6.07) is 14.9. The second kappa shape index (κ2) is 10.6. The molecule has 0 aliphatic carbocycles. The van der Waals surface area contributed by atoms with Gasteiger partial charge in [0.25, 0.3) is 5.91 Å². The van der Waals surface area contributed by atoms with Gasteiger partial charge in [-0.2, -0.15) is 0 Å². The fraction of sp³-hybridized carbons (Fsp3) is 0.286. The van der Waals surface area contributed by atoms with Gasteiger partial charge in [0.15, 0.2) is 16.6 Å². The molecule has 0 saturated heterocycles. The lowest BCUT2D eigenvalue weighted by atomic mass is 9.92. The number of nitrogens with zero attached hydrogens (tertiary/aromatic N) is 3. The van der Waals surface area contributed by atoms with Gasteiger partial charge >= 0.3 is 0 Å². The predicted molar refractivity (Wildman–Crippen MR) is 142 cm³/mol. The zero-order valence-corrected chi connectivity index (χ0v) is 22.1. The molecule has 1 unspecified atom stereocenters. The first-order valence-corrected chi connectivity index (χ1v) is 12.8. The van der Waals surface area contributed by atoms with Crippen LogP contribution in [0.1, 0.15) is 32.5 Å². The minimum absolute atomic E-state index is 0.0582. The molecule has 0 saturated carbocycles. The van der Waals surface area contributed by atoms with E-state index in [0.29, 0.717) is 40.8 Å². The number of thiazole rings is 1. The van der Waals surface area contributed by atoms with Gasteiger partial charge in [-0.3, -0.25) is 4.79 Å². The molecule has 2 aromatic heterocycles. The van der Waals surface area contributed by atoms with Crippen molar-refractivity contribution >= 4 is 17.2 Å². The highest BCUT2D eigenvalue weighted by Gasteiger charge is 2.35. The van der Waals surface area contributed by atoms with Crippen LogP contribution in [0.25, 0.3) is 5.13 Å². The third kappa shape index (κ3) is 4.86. The monoisotopic (exact) mass is 519 g/mol. The maximum absolute atomic E-state index is 14.0. The Kier molecular flexibility index (Phi) is 7.05. The van der Waals surface area contributed by atoms with Gasteiger partial charge < -0.3 is 28.4 Å². The van der Waals surface area contributed by atoms with Gasteiger partial charge in [-0.15, -0.1) is 0 Å². The summed E-state index contributed by atoms with van der Waals surface area (Å²) in [5, 5.41) is 0.765. The van der Waals surface area contributed by atoms with Crippen molar-refractivity contribution in [2.24, 2.45) is 0 Å². The Hall–Kier alpha value is -3.98. The largest absolute Gasteiger partial charge is 0.497 e. The van der Waals surface area contributed by atoms with Crippen molar-refractivity contribution in [3.05, 3.63) is 82.6 Å². The van der Waals surface area contributed by atoms with Crippen LogP contribution in [0, 0.1) is 6.92 Å². The molecule has 1 atom stereocenters. The molecule has 3 heterocycles. The first-order valence-electron chi connectivity index (χ1n) is 12.0. The minimum Gasteiger partial charge on any atom is -0.497 e. The predicted octanol–water partition coefficient (Wildman–Crippen LogP) is 5.09. The Morgan fingerprint density at radius 1 is 1.00 bits per heavy atom. The van der Waals surface area contributed by atoms with Gasteiger partial charge in [0.1, 0.15) is 23.0 Å². The molecule has 192 valence electrons. The molecule has 1 aliphatic rings. The van der Waals surface area contributed by atoms with Gasteiger partial charge in [0, 0.05) is 18.9 Å². The fourth-order valence-corrected chi connectivity index (χ4v) is 5.57. The number of benzene rings is 2. The van der Waals surface area contributed by atoms with Crippen molar-refractivity contribution in [3.8, 4) is 28.1 Å². The van der Waals surface area contributed by atoms with Crippen LogP contribution in [0.5, 0.6) is 23.0 Å². The molecule has 0 fully saturated rings. The average Bonchev–Trinajstić information content (AvgIpc) is 3.60. The Morgan fingerprint density at radius 2 is 1.68 bits per heavy atom. The number of carbonyl (C=O) groups excluding carboxylic acids is 1. The van der Waals surface area contributed by atoms with Crippen LogP contribution in [0.4, 0.5) is 0 Å². The molecule has 8 nitrogen and oxygen atoms in total. The van der Waals surface area contributed by atoms with E-state index < -0.39 is 0 Å². The lowest BCUT2D eigenvalue weighted by molar-refractivity contribution is 0.0593. The van der Waals surface area contributed by atoms with Crippen LogP contribution < -0.4 is 18.9 Å². The van der Waals surface area contributed by atoms with Crippen molar-refractivity contribution < 1.29 is 23.7 Å². The van der Waals surface area contributed by atoms with Gasteiger partial charge in [-0.25, -0.2) is 4.98 Å². The van der Waals surface area contributed by atoms with E-state index >= 15 is 0 Å². The summed E-state index contributed by atoms with van der Waals surface area (Å²) in [6.07, 6.45) is 4.55. The molecule has 2 aromatic carbocycles. The number of methoxy groups -OCH3 is 3. The van der Waals surface area contributed by atoms with E-state index in [1.807, 2.05) is 77.3 Å². The third-order valence-corrected chi connectivity index (χ3v) is 7.69. The van der Waals surface area contributed by atoms with Gasteiger partial charge in [-0.05, 0) is 73.0 Å². The van der Waals surface area contributed by atoms with E-state index in [9.17, 15) is 4.79 Å². The summed E-state index contributed by atoms with van der Waals surface area (Å²) in [5.41, 5.74) is 2.81. The van der Waals surface area contributed by atoms with Crippen LogP contribution in [-0.2, 0) is 6.42 Å². The molecule has 4 aromatic rings. The summed E-state index contributed by atoms with van der Waals surface area (Å²) < 4.78 is 24.5. The van der Waals surface area contributed by atoms with Crippen molar-refractivity contribution in [1.82, 2.24) is 14.5 Å². The second-order valence-corrected chi connectivity index (χ2v) is 9.64. The number of rotatable bonds is 8. The summed E-state index contributed by atoms with van der Waals surface area (Å²) in [4.78, 5) is 21.1. The van der Waals surface area contributed by atoms with E-state index in [2.05, 4.69) is 4.98 Å². The summed E-state index contributed by atoms with van der Waals surface area (Å²) in [7, 11) is 4.87. The molecule has 1 amide bonds. The average molecular weight is 520 g/mol. The highest BCUT2D eigenvalue weighted by molar-refractivity contribution is 7.16. The van der Waals surface area contributed by atoms with Crippen molar-refractivity contribution in [2.45, 2.75) is 19.4 Å². The molecule has 1 aliphatic heterocycles. The highest BCUT2D eigenvalue weighted by Crippen LogP contribution is 2.39. The normalized spacial score (nSPS) is 14.7. The van der Waals surface area contributed by atoms with E-state index in [-0.39, 0.29) is 18.6 Å². The summed E-state index contributed by atoms with van der Waals surface area (Å²) in [6.45, 7) is 2.71. The number of amides is 1. The number of hydrogen-bond donors (Lipinski definition) is 0. The smallest absolute Gasteiger partial charge is 0.266 e. The maximum Gasteiger partial charge on any atom is 0.266 e. The highest BCUT2D eigenvalue weighted by atomic mass is 32.1. The lowest BCUT2D eigenvalue weighted by Gasteiger charge is -2.37. The number of aryl methyl sites for hydroxylation is 1. The van der Waals surface area contributed by atoms with Crippen LogP contribution in [0.15, 0.2) is 60.9 Å². The van der Waals surface area contributed by atoms with E-state index in [1.54, 1.807) is 21.3 Å². The van der Waals surface area contributed by atoms with E-state index in [4.69, 9.17) is 18.9 Å². The van der Waals surface area contributed by atoms with Gasteiger partial charge in [0.05, 0.1) is 33.1 Å². The SMILES string of the molecule is COc1ccc(OCC2c3cc(OC)c(OC)cc3CCN2C(=O)c2sc(-n3cccc3)nc2C)cc1. The minimum atomic E-state index is -0.324. The molecular formula is C28H29N3O5S. The van der Waals surface area contributed by atoms with Gasteiger partial charge in [0.2, 0.25) is 0 Å². The topological polar surface area (TPSA) is 75.1 Å². The molecular weight excluding hydrogens is 490 g/mol. The molecule has 0 spiro atoms. The van der Waals surface area contributed by atoms with Crippen molar-refractivity contribution in [3.63, 3.8) is 0 Å². The van der Waals surface area contributed by atoms with Crippen LogP contribution in [-0.4, -0.2) is 54.8 Å². The number of aromatic nitrogens is 2. The number of fused-ring (bicyclic) bond motifs is 1. The first kappa shape index (κ1) is 24.7. The molecule has 0 radical (unpaired) electrons. The standard InChI is InChI=1S/C28H29N3O5S/c1-18-26(37-28(29-18)30-12-5-6-13-30)27(32)31-14-11-19-15-24(34-3)25(35-4)16-22(19)23(31)17-36-21-9-7-20(33-2)8-10-21/h5-10,12-13,15-16,23H,11,14,17H2,1-4H3. The van der Waals surface area contributed by atoms with Gasteiger partial charge in [-0.1, -0.05) is 11.3 Å². The summed E-state index contributed by atoms with van der Waals surface area (Å²) in [5.74, 6) is 2.68. The Labute approximate surface area is 220 Å². The van der Waals surface area contributed by atoms with E-state index in [0.717, 1.165) is 22.0 Å². The maximum atomic E-state index is 14.0. The van der Waals surface area contributed by atoms with Crippen LogP contribution in [0.3, 0.4) is 0 Å². The fourth-order valence-electron chi connectivity index (χ4n) is 4.58. The number of hydrogen-bond acceptors (Lipinski definition) is 7. The molecule has 37 heavy (non-hydrogen) atoms. The number of carbonyl (C=O) groups is 1. The van der Waals surface area contributed by atoms with E-state index in [1.165, 1.54) is 11.3 Å². The van der Waals surface area contributed by atoms with Crippen molar-refractivity contribution in [2.75, 3.05) is 34.5 Å².